The molecule has 120 valence electrons. The molecule has 0 saturated heterocycles. The van der Waals surface area contributed by atoms with Gasteiger partial charge in [-0.3, -0.25) is 0 Å². The van der Waals surface area contributed by atoms with E-state index in [1.54, 1.807) is 6.20 Å². The summed E-state index contributed by atoms with van der Waals surface area (Å²) in [6.45, 7) is 0. The molecule has 3 heteroatoms. The number of pyridine rings is 1. The van der Waals surface area contributed by atoms with Crippen LogP contribution in [0.15, 0.2) is 36.5 Å². The van der Waals surface area contributed by atoms with E-state index in [9.17, 15) is 4.79 Å². The van der Waals surface area contributed by atoms with Crippen LogP contribution in [0.25, 0.3) is 10.8 Å². The number of aromatic nitrogens is 1. The Kier molecular flexibility index (Phi) is 3.80. The normalized spacial score (nSPS) is 23.2. The Morgan fingerprint density at radius 2 is 1.91 bits per heavy atom. The molecule has 1 unspecified atom stereocenters. The van der Waals surface area contributed by atoms with Crippen LogP contribution in [-0.4, -0.2) is 17.1 Å². The van der Waals surface area contributed by atoms with Gasteiger partial charge in [-0.2, -0.15) is 0 Å². The van der Waals surface area contributed by atoms with Crippen molar-refractivity contribution in [1.82, 2.24) is 4.98 Å². The summed E-state index contributed by atoms with van der Waals surface area (Å²) in [6, 6.07) is 9.78. The summed E-state index contributed by atoms with van der Waals surface area (Å²) in [5, 5.41) is 1.91. The molecule has 23 heavy (non-hydrogen) atoms. The topological polar surface area (TPSA) is 39.2 Å². The molecule has 3 nitrogen and oxygen atoms in total. The standard InChI is InChI=1S/C20H23NO2/c22-19(18-17-7-3-2-6-15(17)9-13-21-18)23-16-8-12-20(14-16)10-4-1-5-11-20/h2-3,6-7,9,13,16H,1,4-5,8,10-12,14H2. The van der Waals surface area contributed by atoms with Crippen LogP contribution in [0.2, 0.25) is 0 Å². The van der Waals surface area contributed by atoms with Gasteiger partial charge in [0.1, 0.15) is 6.10 Å². The molecule has 0 N–H and O–H groups in total. The number of carbonyl (C=O) groups is 1. The maximum absolute atomic E-state index is 12.6. The summed E-state index contributed by atoms with van der Waals surface area (Å²) >= 11 is 0. The third kappa shape index (κ3) is 2.85. The largest absolute Gasteiger partial charge is 0.458 e. The van der Waals surface area contributed by atoms with Gasteiger partial charge in [-0.05, 0) is 49.0 Å². The molecule has 1 aromatic heterocycles. The van der Waals surface area contributed by atoms with E-state index in [2.05, 4.69) is 4.98 Å². The Morgan fingerprint density at radius 3 is 2.78 bits per heavy atom. The van der Waals surface area contributed by atoms with Crippen molar-refractivity contribution < 1.29 is 9.53 Å². The summed E-state index contributed by atoms with van der Waals surface area (Å²) in [7, 11) is 0. The van der Waals surface area contributed by atoms with Gasteiger partial charge in [0.25, 0.3) is 0 Å². The maximum atomic E-state index is 12.6. The van der Waals surface area contributed by atoms with Crippen molar-refractivity contribution in [3.8, 4) is 0 Å². The average molecular weight is 309 g/mol. The molecule has 1 heterocycles. The smallest absolute Gasteiger partial charge is 0.357 e. The highest BCUT2D eigenvalue weighted by atomic mass is 16.5. The first-order valence-corrected chi connectivity index (χ1v) is 8.81. The van der Waals surface area contributed by atoms with Gasteiger partial charge in [-0.25, -0.2) is 9.78 Å². The van der Waals surface area contributed by atoms with Crippen LogP contribution in [0.1, 0.15) is 61.9 Å². The number of hydrogen-bond donors (Lipinski definition) is 0. The summed E-state index contributed by atoms with van der Waals surface area (Å²) < 4.78 is 5.83. The van der Waals surface area contributed by atoms with E-state index in [0.29, 0.717) is 11.1 Å². The maximum Gasteiger partial charge on any atom is 0.357 e. The van der Waals surface area contributed by atoms with Crippen molar-refractivity contribution in [3.05, 3.63) is 42.2 Å². The quantitative estimate of drug-likeness (QED) is 0.741. The fourth-order valence-electron chi connectivity index (χ4n) is 4.50. The molecular formula is C20H23NO2. The Morgan fingerprint density at radius 1 is 1.09 bits per heavy atom. The van der Waals surface area contributed by atoms with Gasteiger partial charge in [-0.15, -0.1) is 0 Å². The van der Waals surface area contributed by atoms with Crippen molar-refractivity contribution in [2.75, 3.05) is 0 Å². The van der Waals surface area contributed by atoms with E-state index < -0.39 is 0 Å². The molecule has 2 saturated carbocycles. The van der Waals surface area contributed by atoms with E-state index in [-0.39, 0.29) is 12.1 Å². The minimum atomic E-state index is -0.264. The highest BCUT2D eigenvalue weighted by molar-refractivity contribution is 6.02. The minimum Gasteiger partial charge on any atom is -0.458 e. The lowest BCUT2D eigenvalue weighted by Gasteiger charge is -2.33. The monoisotopic (exact) mass is 309 g/mol. The Hall–Kier alpha value is -1.90. The second-order valence-electron chi connectivity index (χ2n) is 7.21. The number of carbonyl (C=O) groups excluding carboxylic acids is 1. The molecule has 2 aliphatic rings. The summed E-state index contributed by atoms with van der Waals surface area (Å²) in [5.41, 5.74) is 0.905. The fraction of sp³-hybridized carbons (Fsp3) is 0.500. The minimum absolute atomic E-state index is 0.0707. The lowest BCUT2D eigenvalue weighted by atomic mass is 9.73. The fourth-order valence-corrected chi connectivity index (χ4v) is 4.50. The molecule has 0 bridgehead atoms. The highest BCUT2D eigenvalue weighted by Crippen LogP contribution is 2.49. The second-order valence-corrected chi connectivity index (χ2v) is 7.21. The summed E-state index contributed by atoms with van der Waals surface area (Å²) in [4.78, 5) is 16.9. The predicted octanol–water partition coefficient (Wildman–Crippen LogP) is 4.89. The molecule has 1 aromatic carbocycles. The van der Waals surface area contributed by atoms with Gasteiger partial charge in [0, 0.05) is 11.6 Å². The van der Waals surface area contributed by atoms with Crippen molar-refractivity contribution in [2.45, 2.75) is 57.5 Å². The molecule has 1 atom stereocenters. The predicted molar refractivity (Wildman–Crippen MR) is 90.3 cm³/mol. The van der Waals surface area contributed by atoms with Crippen LogP contribution in [0, 0.1) is 5.41 Å². The molecular weight excluding hydrogens is 286 g/mol. The molecule has 2 aromatic rings. The number of nitrogens with zero attached hydrogens (tertiary/aromatic N) is 1. The van der Waals surface area contributed by atoms with Gasteiger partial charge >= 0.3 is 5.97 Å². The Labute approximate surface area is 137 Å². The third-order valence-corrected chi connectivity index (χ3v) is 5.71. The molecule has 0 amide bonds. The van der Waals surface area contributed by atoms with Crippen LogP contribution in [0.4, 0.5) is 0 Å². The number of benzene rings is 1. The molecule has 0 radical (unpaired) electrons. The van der Waals surface area contributed by atoms with E-state index >= 15 is 0 Å². The zero-order valence-electron chi connectivity index (χ0n) is 13.5. The number of fused-ring (bicyclic) bond motifs is 1. The first kappa shape index (κ1) is 14.7. The summed E-state index contributed by atoms with van der Waals surface area (Å²) in [5.74, 6) is -0.264. The van der Waals surface area contributed by atoms with Crippen molar-refractivity contribution in [2.24, 2.45) is 5.41 Å². The second kappa shape index (κ2) is 5.95. The SMILES string of the molecule is O=C(OC1CCC2(CCCCC2)C1)c1nccc2ccccc12. The van der Waals surface area contributed by atoms with E-state index in [4.69, 9.17) is 4.74 Å². The van der Waals surface area contributed by atoms with Crippen LogP contribution in [0.3, 0.4) is 0 Å². The lowest BCUT2D eigenvalue weighted by molar-refractivity contribution is 0.0270. The van der Waals surface area contributed by atoms with Crippen molar-refractivity contribution in [1.29, 1.82) is 0 Å². The van der Waals surface area contributed by atoms with E-state index in [1.807, 2.05) is 30.3 Å². The third-order valence-electron chi connectivity index (χ3n) is 5.71. The van der Waals surface area contributed by atoms with Gasteiger partial charge in [0.2, 0.25) is 0 Å². The van der Waals surface area contributed by atoms with Crippen molar-refractivity contribution >= 4 is 16.7 Å². The zero-order chi connectivity index (χ0) is 15.7. The number of esters is 1. The van der Waals surface area contributed by atoms with Gasteiger partial charge in [0.05, 0.1) is 0 Å². The van der Waals surface area contributed by atoms with Gasteiger partial charge in [-0.1, -0.05) is 43.5 Å². The summed E-state index contributed by atoms with van der Waals surface area (Å²) in [6.07, 6.45) is 11.7. The number of hydrogen-bond acceptors (Lipinski definition) is 3. The van der Waals surface area contributed by atoms with Gasteiger partial charge < -0.3 is 4.74 Å². The number of rotatable bonds is 2. The van der Waals surface area contributed by atoms with Crippen LogP contribution in [0.5, 0.6) is 0 Å². The molecule has 2 fully saturated rings. The van der Waals surface area contributed by atoms with Crippen molar-refractivity contribution in [3.63, 3.8) is 0 Å². The molecule has 1 spiro atoms. The van der Waals surface area contributed by atoms with Gasteiger partial charge in [0.15, 0.2) is 5.69 Å². The lowest BCUT2D eigenvalue weighted by Crippen LogP contribution is -2.23. The highest BCUT2D eigenvalue weighted by Gasteiger charge is 2.41. The molecule has 2 aliphatic carbocycles. The van der Waals surface area contributed by atoms with Crippen LogP contribution < -0.4 is 0 Å². The molecule has 4 rings (SSSR count). The zero-order valence-corrected chi connectivity index (χ0v) is 13.5. The van der Waals surface area contributed by atoms with Crippen LogP contribution >= 0.6 is 0 Å². The van der Waals surface area contributed by atoms with Crippen LogP contribution in [-0.2, 0) is 4.74 Å². The Bertz CT molecular complexity index is 713. The van der Waals surface area contributed by atoms with E-state index in [0.717, 1.165) is 23.6 Å². The number of ether oxygens (including phenoxy) is 1. The average Bonchev–Trinajstić information content (AvgIpc) is 2.97. The van der Waals surface area contributed by atoms with E-state index in [1.165, 1.54) is 38.5 Å². The first-order chi connectivity index (χ1) is 11.3. The molecule has 0 aliphatic heterocycles. The Balaban J connectivity index is 1.50. The first-order valence-electron chi connectivity index (χ1n) is 8.81.